The van der Waals surface area contributed by atoms with E-state index >= 15 is 0 Å². The number of imide groups is 1. The second-order valence-electron chi connectivity index (χ2n) is 7.42. The zero-order valence-electron chi connectivity index (χ0n) is 15.1. The highest BCUT2D eigenvalue weighted by Gasteiger charge is 2.45. The van der Waals surface area contributed by atoms with Gasteiger partial charge >= 0.3 is 0 Å². The van der Waals surface area contributed by atoms with Gasteiger partial charge in [0.25, 0.3) is 21.8 Å². The predicted molar refractivity (Wildman–Crippen MR) is 104 cm³/mol. The summed E-state index contributed by atoms with van der Waals surface area (Å²) < 4.78 is 26.7. The van der Waals surface area contributed by atoms with Crippen molar-refractivity contribution in [2.24, 2.45) is 0 Å². The minimum absolute atomic E-state index is 0.0710. The first-order chi connectivity index (χ1) is 12.4. The summed E-state index contributed by atoms with van der Waals surface area (Å²) in [4.78, 5) is 25.3. The number of aryl methyl sites for hydroxylation is 1. The summed E-state index contributed by atoms with van der Waals surface area (Å²) in [5, 5.41) is 0.142. The molecule has 3 rings (SSSR count). The number of benzene rings is 2. The van der Waals surface area contributed by atoms with Crippen LogP contribution >= 0.6 is 23.2 Å². The van der Waals surface area contributed by atoms with Crippen LogP contribution < -0.4 is 0 Å². The van der Waals surface area contributed by atoms with Crippen molar-refractivity contribution in [3.63, 3.8) is 0 Å². The molecule has 27 heavy (non-hydrogen) atoms. The Morgan fingerprint density at radius 1 is 0.889 bits per heavy atom. The molecule has 1 aliphatic heterocycles. The van der Waals surface area contributed by atoms with Gasteiger partial charge in [-0.2, -0.15) is 4.31 Å². The van der Waals surface area contributed by atoms with Gasteiger partial charge in [0.15, 0.2) is 0 Å². The highest BCUT2D eigenvalue weighted by Crippen LogP contribution is 2.35. The maximum absolute atomic E-state index is 13.2. The quantitative estimate of drug-likeness (QED) is 0.659. The number of carbonyl (C=O) groups excluding carboxylic acids is 2. The number of halogens is 2. The molecule has 5 nitrogen and oxygen atoms in total. The van der Waals surface area contributed by atoms with Crippen LogP contribution in [0.15, 0.2) is 35.2 Å². The second kappa shape index (κ2) is 6.33. The van der Waals surface area contributed by atoms with Crippen LogP contribution in [0.25, 0.3) is 0 Å². The Labute approximate surface area is 167 Å². The van der Waals surface area contributed by atoms with E-state index in [1.807, 2.05) is 26.8 Å². The van der Waals surface area contributed by atoms with E-state index in [9.17, 15) is 18.0 Å². The van der Waals surface area contributed by atoms with Crippen LogP contribution in [0.1, 0.15) is 52.6 Å². The number of hydrogen-bond acceptors (Lipinski definition) is 4. The van der Waals surface area contributed by atoms with Gasteiger partial charge in [-0.3, -0.25) is 9.59 Å². The molecule has 0 saturated carbocycles. The van der Waals surface area contributed by atoms with E-state index < -0.39 is 21.8 Å². The van der Waals surface area contributed by atoms with Gasteiger partial charge in [-0.05, 0) is 41.7 Å². The number of fused-ring (bicyclic) bond motifs is 1. The molecule has 0 unspecified atom stereocenters. The summed E-state index contributed by atoms with van der Waals surface area (Å²) in [7, 11) is -4.40. The van der Waals surface area contributed by atoms with Crippen LogP contribution in [0.4, 0.5) is 0 Å². The lowest BCUT2D eigenvalue weighted by Gasteiger charge is -2.22. The van der Waals surface area contributed by atoms with E-state index in [2.05, 4.69) is 0 Å². The lowest BCUT2D eigenvalue weighted by Crippen LogP contribution is -2.36. The van der Waals surface area contributed by atoms with Crippen molar-refractivity contribution in [3.8, 4) is 0 Å². The summed E-state index contributed by atoms with van der Waals surface area (Å²) in [6.45, 7) is 7.45. The Balaban J connectivity index is 2.17. The van der Waals surface area contributed by atoms with Crippen LogP contribution in [-0.2, 0) is 15.4 Å². The molecule has 0 aromatic heterocycles. The number of hydrogen-bond donors (Lipinski definition) is 0. The van der Waals surface area contributed by atoms with Crippen molar-refractivity contribution in [1.82, 2.24) is 4.31 Å². The molecule has 0 radical (unpaired) electrons. The topological polar surface area (TPSA) is 71.5 Å². The van der Waals surface area contributed by atoms with Crippen molar-refractivity contribution in [2.75, 3.05) is 0 Å². The zero-order chi connectivity index (χ0) is 20.3. The van der Waals surface area contributed by atoms with Crippen molar-refractivity contribution in [2.45, 2.75) is 38.0 Å². The second-order valence-corrected chi connectivity index (χ2v) is 9.99. The molecule has 0 spiro atoms. The van der Waals surface area contributed by atoms with Crippen LogP contribution in [0.3, 0.4) is 0 Å². The minimum Gasteiger partial charge on any atom is -0.267 e. The first-order valence-corrected chi connectivity index (χ1v) is 10.3. The third kappa shape index (κ3) is 3.16. The largest absolute Gasteiger partial charge is 0.275 e. The molecule has 0 atom stereocenters. The lowest BCUT2D eigenvalue weighted by atomic mass is 9.87. The van der Waals surface area contributed by atoms with Gasteiger partial charge in [0, 0.05) is 0 Å². The summed E-state index contributed by atoms with van der Waals surface area (Å²) in [6, 6.07) is 7.44. The Kier molecular flexibility index (Phi) is 4.65. The van der Waals surface area contributed by atoms with E-state index in [-0.39, 0.29) is 31.5 Å². The molecule has 142 valence electrons. The molecular weight excluding hydrogens is 409 g/mol. The summed E-state index contributed by atoms with van der Waals surface area (Å²) in [5.74, 6) is -1.87. The van der Waals surface area contributed by atoms with Gasteiger partial charge in [0.1, 0.15) is 0 Å². The molecule has 2 amide bonds. The number of rotatable bonds is 2. The molecular formula is C19H17Cl2NO4S. The van der Waals surface area contributed by atoms with Gasteiger partial charge in [-0.15, -0.1) is 0 Å². The average Bonchev–Trinajstić information content (AvgIpc) is 2.78. The maximum Gasteiger partial charge on any atom is 0.275 e. The molecule has 2 aromatic rings. The number of amides is 2. The monoisotopic (exact) mass is 425 g/mol. The fraction of sp³-hybridized carbons (Fsp3) is 0.263. The van der Waals surface area contributed by atoms with Crippen LogP contribution in [0, 0.1) is 6.92 Å². The third-order valence-corrected chi connectivity index (χ3v) is 6.99. The summed E-state index contributed by atoms with van der Waals surface area (Å²) in [6.07, 6.45) is 0. The van der Waals surface area contributed by atoms with Gasteiger partial charge in [-0.25, -0.2) is 8.42 Å². The maximum atomic E-state index is 13.2. The molecule has 1 heterocycles. The van der Waals surface area contributed by atoms with Crippen LogP contribution in [-0.4, -0.2) is 24.5 Å². The van der Waals surface area contributed by atoms with Gasteiger partial charge in [0.05, 0.1) is 26.1 Å². The molecule has 2 aromatic carbocycles. The van der Waals surface area contributed by atoms with Crippen molar-refractivity contribution < 1.29 is 18.0 Å². The molecule has 0 saturated heterocycles. The lowest BCUT2D eigenvalue weighted by molar-refractivity contribution is 0.0765. The van der Waals surface area contributed by atoms with Crippen molar-refractivity contribution in [3.05, 3.63) is 62.6 Å². The Hall–Kier alpha value is -1.89. The highest BCUT2D eigenvalue weighted by atomic mass is 35.5. The SMILES string of the molecule is Cc1ccc(C(C)(C)C)cc1S(=O)(=O)N1C(=O)c2cc(Cl)c(Cl)cc2C1=O. The number of nitrogens with zero attached hydrogens (tertiary/aromatic N) is 1. The number of sulfonamides is 1. The molecule has 0 bridgehead atoms. The van der Waals surface area contributed by atoms with Gasteiger partial charge < -0.3 is 0 Å². The molecule has 1 aliphatic rings. The molecule has 0 N–H and O–H groups in total. The third-order valence-electron chi connectivity index (χ3n) is 4.46. The van der Waals surface area contributed by atoms with E-state index in [1.54, 1.807) is 13.0 Å². The van der Waals surface area contributed by atoms with Crippen LogP contribution in [0.5, 0.6) is 0 Å². The van der Waals surface area contributed by atoms with Gasteiger partial charge in [-0.1, -0.05) is 56.1 Å². The first kappa shape index (κ1) is 19.9. The predicted octanol–water partition coefficient (Wildman–Crippen LogP) is 4.58. The standard InChI is InChI=1S/C19H17Cl2NO4S/c1-10-5-6-11(19(2,3)4)7-16(10)27(25,26)22-17(23)12-8-14(20)15(21)9-13(12)18(22)24/h5-9H,1-4H3. The highest BCUT2D eigenvalue weighted by molar-refractivity contribution is 7.90. The fourth-order valence-corrected chi connectivity index (χ4v) is 4.78. The molecule has 0 aliphatic carbocycles. The fourth-order valence-electron chi connectivity index (χ4n) is 2.87. The minimum atomic E-state index is -4.40. The zero-order valence-corrected chi connectivity index (χ0v) is 17.5. The summed E-state index contributed by atoms with van der Waals surface area (Å²) in [5.41, 5.74) is 0.747. The summed E-state index contributed by atoms with van der Waals surface area (Å²) >= 11 is 11.8. The molecule has 0 fully saturated rings. The smallest absolute Gasteiger partial charge is 0.267 e. The van der Waals surface area contributed by atoms with Crippen LogP contribution in [0.2, 0.25) is 10.0 Å². The van der Waals surface area contributed by atoms with E-state index in [4.69, 9.17) is 23.2 Å². The first-order valence-electron chi connectivity index (χ1n) is 8.10. The molecule has 8 heteroatoms. The van der Waals surface area contributed by atoms with E-state index in [1.165, 1.54) is 18.2 Å². The number of carbonyl (C=O) groups is 2. The Morgan fingerprint density at radius 3 is 1.81 bits per heavy atom. The Bertz CT molecular complexity index is 1060. The van der Waals surface area contributed by atoms with Gasteiger partial charge in [0.2, 0.25) is 0 Å². The Morgan fingerprint density at radius 2 is 1.37 bits per heavy atom. The van der Waals surface area contributed by atoms with E-state index in [0.717, 1.165) is 5.56 Å². The average molecular weight is 426 g/mol. The van der Waals surface area contributed by atoms with Crippen molar-refractivity contribution >= 4 is 45.0 Å². The van der Waals surface area contributed by atoms with E-state index in [0.29, 0.717) is 9.87 Å². The normalized spacial score (nSPS) is 14.7. The van der Waals surface area contributed by atoms with Crippen molar-refractivity contribution in [1.29, 1.82) is 0 Å².